The molecule has 1 fully saturated rings. The van der Waals surface area contributed by atoms with Gasteiger partial charge in [0.2, 0.25) is 10.0 Å². The minimum Gasteiger partial charge on any atom is -0.380 e. The second-order valence-corrected chi connectivity index (χ2v) is 8.00. The van der Waals surface area contributed by atoms with E-state index in [4.69, 9.17) is 4.74 Å². The minimum atomic E-state index is -3.81. The van der Waals surface area contributed by atoms with Crippen LogP contribution in [0.25, 0.3) is 0 Å². The summed E-state index contributed by atoms with van der Waals surface area (Å²) in [5.74, 6) is -2.38. The van der Waals surface area contributed by atoms with E-state index in [1.807, 2.05) is 11.9 Å². The Morgan fingerprint density at radius 1 is 1.35 bits per heavy atom. The summed E-state index contributed by atoms with van der Waals surface area (Å²) in [6.45, 7) is 0.992. The van der Waals surface area contributed by atoms with Gasteiger partial charge in [-0.1, -0.05) is 6.07 Å². The monoisotopic (exact) mass is 348 g/mol. The average molecular weight is 348 g/mol. The molecule has 0 spiro atoms. The Morgan fingerprint density at radius 3 is 2.48 bits per heavy atom. The lowest BCUT2D eigenvalue weighted by Crippen LogP contribution is -2.40. The highest BCUT2D eigenvalue weighted by Gasteiger charge is 2.33. The lowest BCUT2D eigenvalue weighted by molar-refractivity contribution is 0.111. The van der Waals surface area contributed by atoms with E-state index in [2.05, 4.69) is 0 Å². The molecule has 0 unspecified atom stereocenters. The van der Waals surface area contributed by atoms with E-state index in [0.717, 1.165) is 29.4 Å². The van der Waals surface area contributed by atoms with Crippen LogP contribution in [0, 0.1) is 11.6 Å². The molecule has 2 rings (SSSR count). The van der Waals surface area contributed by atoms with Crippen LogP contribution in [0.3, 0.4) is 0 Å². The summed E-state index contributed by atoms with van der Waals surface area (Å²) >= 11 is 0. The number of halogens is 2. The second kappa shape index (κ2) is 7.21. The van der Waals surface area contributed by atoms with E-state index in [9.17, 15) is 17.2 Å². The highest BCUT2D eigenvalue weighted by molar-refractivity contribution is 7.88. The number of likely N-dealkylation sites (tertiary alicyclic amines) is 1. The molecule has 0 aromatic heterocycles. The third-order valence-corrected chi connectivity index (χ3v) is 6.07. The van der Waals surface area contributed by atoms with Crippen LogP contribution in [0.2, 0.25) is 0 Å². The number of hydrogen-bond acceptors (Lipinski definition) is 4. The van der Waals surface area contributed by atoms with Crippen molar-refractivity contribution < 1.29 is 21.9 Å². The molecule has 23 heavy (non-hydrogen) atoms. The first-order valence-corrected chi connectivity index (χ1v) is 8.95. The summed E-state index contributed by atoms with van der Waals surface area (Å²) in [4.78, 5) is 2.03. The summed E-state index contributed by atoms with van der Waals surface area (Å²) in [5, 5.41) is 0. The number of sulfonamides is 1. The van der Waals surface area contributed by atoms with Crippen molar-refractivity contribution in [2.75, 3.05) is 34.3 Å². The molecule has 0 amide bonds. The zero-order chi connectivity index (χ0) is 17.2. The van der Waals surface area contributed by atoms with Gasteiger partial charge in [0.05, 0.1) is 11.9 Å². The van der Waals surface area contributed by atoms with Crippen molar-refractivity contribution in [1.82, 2.24) is 9.21 Å². The van der Waals surface area contributed by atoms with Gasteiger partial charge in [-0.3, -0.25) is 4.90 Å². The number of benzene rings is 1. The number of hydrogen-bond donors (Lipinski definition) is 0. The van der Waals surface area contributed by atoms with Crippen molar-refractivity contribution in [1.29, 1.82) is 0 Å². The van der Waals surface area contributed by atoms with Crippen LogP contribution in [0.4, 0.5) is 8.78 Å². The van der Waals surface area contributed by atoms with Crippen molar-refractivity contribution in [2.45, 2.75) is 24.3 Å². The van der Waals surface area contributed by atoms with Gasteiger partial charge in [0.1, 0.15) is 11.6 Å². The summed E-state index contributed by atoms with van der Waals surface area (Å²) in [7, 11) is 1.16. The number of ether oxygens (including phenoxy) is 1. The molecule has 1 aromatic carbocycles. The fourth-order valence-electron chi connectivity index (χ4n) is 2.79. The van der Waals surface area contributed by atoms with Crippen molar-refractivity contribution in [3.63, 3.8) is 0 Å². The third-order valence-electron chi connectivity index (χ3n) is 4.31. The van der Waals surface area contributed by atoms with Gasteiger partial charge < -0.3 is 4.74 Å². The van der Waals surface area contributed by atoms with Gasteiger partial charge in [-0.05, 0) is 25.6 Å². The number of methoxy groups -OCH3 is 1. The first-order valence-electron chi connectivity index (χ1n) is 7.34. The average Bonchev–Trinajstić information content (AvgIpc) is 2.83. The molecule has 0 N–H and O–H groups in total. The minimum absolute atomic E-state index is 0.0187. The Hall–Kier alpha value is -1.09. The van der Waals surface area contributed by atoms with Crippen molar-refractivity contribution >= 4 is 10.0 Å². The first-order chi connectivity index (χ1) is 10.7. The van der Waals surface area contributed by atoms with E-state index >= 15 is 0 Å². The Morgan fingerprint density at radius 2 is 1.96 bits per heavy atom. The molecule has 0 bridgehead atoms. The Kier molecular flexibility index (Phi) is 5.72. The van der Waals surface area contributed by atoms with Gasteiger partial charge in [0, 0.05) is 38.9 Å². The Balaban J connectivity index is 2.07. The molecule has 8 heteroatoms. The Bertz CT molecular complexity index is 634. The van der Waals surface area contributed by atoms with Gasteiger partial charge in [0.15, 0.2) is 0 Å². The van der Waals surface area contributed by atoms with E-state index in [0.29, 0.717) is 0 Å². The molecule has 1 aliphatic rings. The zero-order valence-electron chi connectivity index (χ0n) is 13.5. The molecule has 5 nitrogen and oxygen atoms in total. The molecule has 0 radical (unpaired) electrons. The van der Waals surface area contributed by atoms with Crippen LogP contribution in [-0.4, -0.2) is 64.1 Å². The van der Waals surface area contributed by atoms with E-state index in [-0.39, 0.29) is 18.7 Å². The summed E-state index contributed by atoms with van der Waals surface area (Å²) in [6, 6.07) is 3.34. The fraction of sp³-hybridized carbons (Fsp3) is 0.600. The predicted octanol–water partition coefficient (Wildman–Crippen LogP) is 1.45. The van der Waals surface area contributed by atoms with Crippen molar-refractivity contribution in [2.24, 2.45) is 0 Å². The van der Waals surface area contributed by atoms with E-state index in [1.165, 1.54) is 13.1 Å². The molecule has 1 saturated heterocycles. The molecular formula is C15H22F2N2O3S. The van der Waals surface area contributed by atoms with Crippen molar-refractivity contribution in [3.05, 3.63) is 35.4 Å². The third kappa shape index (κ3) is 4.26. The summed E-state index contributed by atoms with van der Waals surface area (Å²) < 4.78 is 58.6. The maximum atomic E-state index is 13.7. The van der Waals surface area contributed by atoms with Crippen LogP contribution >= 0.6 is 0 Å². The van der Waals surface area contributed by atoms with Crippen LogP contribution in [0.5, 0.6) is 0 Å². The van der Waals surface area contributed by atoms with Gasteiger partial charge in [-0.15, -0.1) is 0 Å². The number of rotatable bonds is 6. The fourth-order valence-corrected chi connectivity index (χ4v) is 4.05. The second-order valence-electron chi connectivity index (χ2n) is 5.92. The normalized spacial score (nSPS) is 22.9. The van der Waals surface area contributed by atoms with Gasteiger partial charge >= 0.3 is 0 Å². The highest BCUT2D eigenvalue weighted by atomic mass is 32.2. The largest absolute Gasteiger partial charge is 0.380 e. The van der Waals surface area contributed by atoms with Crippen LogP contribution in [0.15, 0.2) is 18.2 Å². The summed E-state index contributed by atoms with van der Waals surface area (Å²) in [6.07, 6.45) is 0.797. The van der Waals surface area contributed by atoms with E-state index < -0.39 is 33.0 Å². The van der Waals surface area contributed by atoms with E-state index in [1.54, 1.807) is 7.11 Å². The number of likely N-dealkylation sites (N-methyl/N-ethyl adjacent to an activating group) is 2. The molecule has 130 valence electrons. The maximum Gasteiger partial charge on any atom is 0.218 e. The lowest BCUT2D eigenvalue weighted by atomic mass is 10.2. The quantitative estimate of drug-likeness (QED) is 0.781. The molecule has 1 aliphatic heterocycles. The first kappa shape index (κ1) is 18.3. The standard InChI is InChI=1S/C15H22F2N2O3S/c1-18-9-12(22-3)7-11(18)8-19(2)23(20,21)10-13-14(16)5-4-6-15(13)17/h4-6,11-12H,7-10H2,1-3H3/t11-,12-/m0/s1. The van der Waals surface area contributed by atoms with Crippen molar-refractivity contribution in [3.8, 4) is 0 Å². The predicted molar refractivity (Wildman–Crippen MR) is 83.4 cm³/mol. The van der Waals surface area contributed by atoms with Gasteiger partial charge in [-0.2, -0.15) is 0 Å². The molecule has 1 heterocycles. The SMILES string of the molecule is CO[C@H]1C[C@@H](CN(C)S(=O)(=O)Cc2c(F)cccc2F)N(C)C1. The van der Waals surface area contributed by atoms with Gasteiger partial charge in [-0.25, -0.2) is 21.5 Å². The lowest BCUT2D eigenvalue weighted by Gasteiger charge is -2.25. The highest BCUT2D eigenvalue weighted by Crippen LogP contribution is 2.21. The van der Waals surface area contributed by atoms with Crippen LogP contribution < -0.4 is 0 Å². The zero-order valence-corrected chi connectivity index (χ0v) is 14.3. The van der Waals surface area contributed by atoms with Gasteiger partial charge in [0.25, 0.3) is 0 Å². The molecule has 0 saturated carbocycles. The number of nitrogens with zero attached hydrogens (tertiary/aromatic N) is 2. The van der Waals surface area contributed by atoms with Crippen LogP contribution in [-0.2, 0) is 20.5 Å². The maximum absolute atomic E-state index is 13.7. The molecule has 1 aromatic rings. The van der Waals surface area contributed by atoms with Crippen LogP contribution in [0.1, 0.15) is 12.0 Å². The smallest absolute Gasteiger partial charge is 0.218 e. The molecule has 0 aliphatic carbocycles. The topological polar surface area (TPSA) is 49.9 Å². The molecule has 2 atom stereocenters. The molecular weight excluding hydrogens is 326 g/mol. The summed E-state index contributed by atoms with van der Waals surface area (Å²) in [5.41, 5.74) is -0.422. The Labute approximate surface area is 135 Å².